The quantitative estimate of drug-likeness (QED) is 0.509. The van der Waals surface area contributed by atoms with Crippen LogP contribution in [0.1, 0.15) is 42.6 Å². The van der Waals surface area contributed by atoms with Crippen LogP contribution in [0.2, 0.25) is 0 Å². The number of amides is 3. The smallest absolute Gasteiger partial charge is 0.415 e. The van der Waals surface area contributed by atoms with Crippen LogP contribution in [0, 0.1) is 17.5 Å². The first-order valence-corrected chi connectivity index (χ1v) is 11.7. The minimum atomic E-state index is -1.60. The molecule has 0 spiro atoms. The van der Waals surface area contributed by atoms with Gasteiger partial charge < -0.3 is 15.0 Å². The van der Waals surface area contributed by atoms with Gasteiger partial charge in [0.1, 0.15) is 6.61 Å². The number of hydrogen-bond donors (Lipinski definition) is 1. The summed E-state index contributed by atoms with van der Waals surface area (Å²) in [5.74, 6) is -4.37. The number of hydrogen-bond acceptors (Lipinski definition) is 4. The number of cyclic esters (lactones) is 1. The predicted molar refractivity (Wildman–Crippen MR) is 123 cm³/mol. The number of nitrogens with one attached hydrogen (secondary N) is 1. The number of benzene rings is 2. The summed E-state index contributed by atoms with van der Waals surface area (Å²) in [5, 5.41) is 7.08. The number of carbonyl (C=O) groups excluding carboxylic acids is 2. The van der Waals surface area contributed by atoms with E-state index in [-0.39, 0.29) is 37.0 Å². The molecule has 3 amide bonds. The Balaban J connectivity index is 1.33. The van der Waals surface area contributed by atoms with E-state index in [0.717, 1.165) is 37.0 Å². The van der Waals surface area contributed by atoms with Gasteiger partial charge in [0, 0.05) is 17.8 Å². The first-order valence-electron chi connectivity index (χ1n) is 11.7. The summed E-state index contributed by atoms with van der Waals surface area (Å²) in [7, 11) is 0. The van der Waals surface area contributed by atoms with Crippen LogP contribution in [-0.4, -0.2) is 39.5 Å². The number of fused-ring (bicyclic) bond motifs is 3. The Morgan fingerprint density at radius 2 is 1.78 bits per heavy atom. The lowest BCUT2D eigenvalue weighted by atomic mass is 10.0. The van der Waals surface area contributed by atoms with Gasteiger partial charge in [-0.15, -0.1) is 0 Å². The molecule has 1 saturated carbocycles. The van der Waals surface area contributed by atoms with Crippen molar-refractivity contribution in [2.75, 3.05) is 16.8 Å². The van der Waals surface area contributed by atoms with Gasteiger partial charge in [0.25, 0.3) is 0 Å². The molecule has 3 atom stereocenters. The first-order chi connectivity index (χ1) is 17.4. The molecule has 8 nitrogen and oxygen atoms in total. The van der Waals surface area contributed by atoms with Gasteiger partial charge in [-0.05, 0) is 24.8 Å². The van der Waals surface area contributed by atoms with Gasteiger partial charge in [-0.25, -0.2) is 22.8 Å². The highest BCUT2D eigenvalue weighted by Gasteiger charge is 2.45. The Morgan fingerprint density at radius 1 is 1.06 bits per heavy atom. The summed E-state index contributed by atoms with van der Waals surface area (Å²) < 4.78 is 48.0. The van der Waals surface area contributed by atoms with Crippen molar-refractivity contribution < 1.29 is 27.5 Å². The van der Waals surface area contributed by atoms with Gasteiger partial charge in [-0.2, -0.15) is 5.10 Å². The molecule has 0 radical (unpaired) electrons. The van der Waals surface area contributed by atoms with Crippen molar-refractivity contribution >= 4 is 23.5 Å². The van der Waals surface area contributed by atoms with Crippen molar-refractivity contribution in [2.45, 2.75) is 43.9 Å². The number of urea groups is 1. The fraction of sp³-hybridized carbons (Fsp3) is 0.320. The Bertz CT molecular complexity index is 1320. The monoisotopic (exact) mass is 497 g/mol. The second-order valence-electron chi connectivity index (χ2n) is 9.17. The van der Waals surface area contributed by atoms with E-state index in [4.69, 9.17) is 4.74 Å². The van der Waals surface area contributed by atoms with Crippen LogP contribution >= 0.6 is 0 Å². The average molecular weight is 497 g/mol. The molecular weight excluding hydrogens is 475 g/mol. The van der Waals surface area contributed by atoms with Gasteiger partial charge in [0.05, 0.1) is 42.2 Å². The number of ether oxygens (including phenoxy) is 1. The van der Waals surface area contributed by atoms with E-state index in [1.54, 1.807) is 16.0 Å². The molecule has 3 heterocycles. The fourth-order valence-electron chi connectivity index (χ4n) is 5.52. The predicted octanol–water partition coefficient (Wildman–Crippen LogP) is 5.14. The molecule has 186 valence electrons. The van der Waals surface area contributed by atoms with Crippen LogP contribution in [0.15, 0.2) is 48.7 Å². The van der Waals surface area contributed by atoms with Gasteiger partial charge in [0.2, 0.25) is 0 Å². The third-order valence-corrected chi connectivity index (χ3v) is 7.17. The largest absolute Gasteiger partial charge is 0.447 e. The molecule has 1 N–H and O–H groups in total. The normalized spacial score (nSPS) is 22.9. The number of halogens is 3. The second kappa shape index (κ2) is 8.58. The molecule has 3 aromatic rings. The number of anilines is 2. The zero-order valence-corrected chi connectivity index (χ0v) is 19.0. The lowest BCUT2D eigenvalue weighted by Gasteiger charge is -2.39. The van der Waals surface area contributed by atoms with E-state index in [9.17, 15) is 22.8 Å². The number of rotatable bonds is 3. The molecular formula is C25H22F3N5O3. The highest BCUT2D eigenvalue weighted by molar-refractivity contribution is 5.92. The molecule has 1 aliphatic carbocycles. The van der Waals surface area contributed by atoms with Gasteiger partial charge in [-0.3, -0.25) is 9.58 Å². The Morgan fingerprint density at radius 3 is 2.53 bits per heavy atom. The van der Waals surface area contributed by atoms with Crippen LogP contribution in [0.3, 0.4) is 0 Å². The summed E-state index contributed by atoms with van der Waals surface area (Å²) in [5.41, 5.74) is 1.95. The van der Waals surface area contributed by atoms with Gasteiger partial charge >= 0.3 is 12.1 Å². The van der Waals surface area contributed by atoms with E-state index >= 15 is 0 Å². The summed E-state index contributed by atoms with van der Waals surface area (Å²) in [6.07, 6.45) is 3.51. The number of carbonyl (C=O) groups is 2. The maximum absolute atomic E-state index is 13.7. The van der Waals surface area contributed by atoms with Gasteiger partial charge in [-0.1, -0.05) is 30.3 Å². The lowest BCUT2D eigenvalue weighted by molar-refractivity contribution is 0.138. The maximum Gasteiger partial charge on any atom is 0.415 e. The minimum Gasteiger partial charge on any atom is -0.447 e. The van der Waals surface area contributed by atoms with E-state index < -0.39 is 29.6 Å². The molecule has 2 aliphatic heterocycles. The molecule has 11 heteroatoms. The molecule has 36 heavy (non-hydrogen) atoms. The van der Waals surface area contributed by atoms with E-state index in [2.05, 4.69) is 10.4 Å². The standard InChI is InChI=1S/C25H22F3N5O3/c26-16-9-15(10-17(27)23(16)28)30-24(34)31-12-21-20(11-29-33(21)19-8-4-7-18(19)31)32-22(13-36-25(32)35)14-5-2-1-3-6-14/h1-3,5-6,9-11,18-19,22H,4,7-8,12-13H2,(H,30,34)/t18-,19+,22+/m0/s1. The van der Waals surface area contributed by atoms with Crippen molar-refractivity contribution in [2.24, 2.45) is 0 Å². The van der Waals surface area contributed by atoms with Crippen LogP contribution in [-0.2, 0) is 11.3 Å². The van der Waals surface area contributed by atoms with Crippen molar-refractivity contribution in [3.8, 4) is 0 Å². The zero-order valence-electron chi connectivity index (χ0n) is 19.0. The van der Waals surface area contributed by atoms with Crippen LogP contribution in [0.25, 0.3) is 0 Å². The zero-order chi connectivity index (χ0) is 25.0. The third-order valence-electron chi connectivity index (χ3n) is 7.17. The highest BCUT2D eigenvalue weighted by atomic mass is 19.2. The summed E-state index contributed by atoms with van der Waals surface area (Å²) in [6.45, 7) is 0.311. The number of nitrogens with zero attached hydrogens (tertiary/aromatic N) is 4. The van der Waals surface area contributed by atoms with Crippen molar-refractivity contribution in [3.63, 3.8) is 0 Å². The molecule has 2 aromatic carbocycles. The molecule has 1 saturated heterocycles. The van der Waals surface area contributed by atoms with Crippen LogP contribution in [0.5, 0.6) is 0 Å². The molecule has 2 fully saturated rings. The summed E-state index contributed by atoms with van der Waals surface area (Å²) in [6, 6.07) is 9.79. The second-order valence-corrected chi connectivity index (χ2v) is 9.17. The molecule has 0 bridgehead atoms. The van der Waals surface area contributed by atoms with Crippen molar-refractivity contribution in [3.05, 3.63) is 77.4 Å². The van der Waals surface area contributed by atoms with E-state index in [1.165, 1.54) is 0 Å². The Kier molecular flexibility index (Phi) is 5.35. The summed E-state index contributed by atoms with van der Waals surface area (Å²) >= 11 is 0. The maximum atomic E-state index is 13.7. The first kappa shape index (κ1) is 22.4. The SMILES string of the molecule is O=C(Nc1cc(F)c(F)c(F)c1)N1Cc2c(N3C(=O)OC[C@@H]3c3ccccc3)cnn2[C@@H]2CCC[C@@H]21. The third kappa shape index (κ3) is 3.57. The van der Waals surface area contributed by atoms with Crippen LogP contribution < -0.4 is 10.2 Å². The average Bonchev–Trinajstić information content (AvgIpc) is 3.60. The summed E-state index contributed by atoms with van der Waals surface area (Å²) in [4.78, 5) is 29.2. The van der Waals surface area contributed by atoms with E-state index in [0.29, 0.717) is 11.4 Å². The number of aromatic nitrogens is 2. The molecule has 6 rings (SSSR count). The van der Waals surface area contributed by atoms with Gasteiger partial charge in [0.15, 0.2) is 17.5 Å². The van der Waals surface area contributed by atoms with Crippen molar-refractivity contribution in [1.82, 2.24) is 14.7 Å². The molecule has 3 aliphatic rings. The topological polar surface area (TPSA) is 79.7 Å². The minimum absolute atomic E-state index is 0.108. The lowest BCUT2D eigenvalue weighted by Crippen LogP contribution is -2.49. The molecule has 0 unspecified atom stereocenters. The molecule has 1 aromatic heterocycles. The highest BCUT2D eigenvalue weighted by Crippen LogP contribution is 2.43. The van der Waals surface area contributed by atoms with E-state index in [1.807, 2.05) is 35.0 Å². The van der Waals surface area contributed by atoms with Crippen LogP contribution in [0.4, 0.5) is 34.1 Å². The van der Waals surface area contributed by atoms with Crippen molar-refractivity contribution in [1.29, 1.82) is 0 Å². The fourth-order valence-corrected chi connectivity index (χ4v) is 5.52. The Hall–Kier alpha value is -4.02. The Labute approximate surface area is 204 Å².